The predicted octanol–water partition coefficient (Wildman–Crippen LogP) is 9.87. The lowest BCUT2D eigenvalue weighted by Gasteiger charge is -2.11. The Morgan fingerprint density at radius 3 is 1.04 bits per heavy atom. The Kier molecular flexibility index (Phi) is 6.33. The Bertz CT molecular complexity index is 2220. The Labute approximate surface area is 272 Å². The van der Waals surface area contributed by atoms with Crippen molar-refractivity contribution in [2.75, 3.05) is 0 Å². The van der Waals surface area contributed by atoms with E-state index in [-0.39, 0.29) is 0 Å². The zero-order valence-corrected chi connectivity index (χ0v) is 26.2. The van der Waals surface area contributed by atoms with E-state index >= 15 is 0 Å². The fourth-order valence-corrected chi connectivity index (χ4v) is 8.37. The maximum atomic E-state index is 5.28. The second kappa shape index (κ2) is 10.8. The first kappa shape index (κ1) is 26.3. The van der Waals surface area contributed by atoms with Crippen LogP contribution in [0, 0.1) is 0 Å². The first-order valence-electron chi connectivity index (χ1n) is 14.5. The van der Waals surface area contributed by atoms with Crippen molar-refractivity contribution in [1.82, 2.24) is 0 Å². The molecule has 0 amide bonds. The van der Waals surface area contributed by atoms with E-state index in [9.17, 15) is 0 Å². The van der Waals surface area contributed by atoms with Crippen LogP contribution in [0.3, 0.4) is 0 Å². The molecule has 0 saturated heterocycles. The molecule has 5 aliphatic rings. The highest BCUT2D eigenvalue weighted by molar-refractivity contribution is 7.12. The fraction of sp³-hybridized carbons (Fsp3) is 0. The normalized spacial score (nSPS) is 18.5. The second-order valence-corrected chi connectivity index (χ2v) is 13.5. The summed E-state index contributed by atoms with van der Waals surface area (Å²) in [6.45, 7) is 0. The minimum Gasteiger partial charge on any atom is -0.248 e. The Hall–Kier alpha value is -5.08. The quantitative estimate of drug-likeness (QED) is 0.216. The van der Waals surface area contributed by atoms with Gasteiger partial charge in [0.25, 0.3) is 0 Å². The molecule has 5 aliphatic heterocycles. The van der Waals surface area contributed by atoms with Crippen LogP contribution >= 0.6 is 34.0 Å². The molecule has 0 N–H and O–H groups in total. The van der Waals surface area contributed by atoms with Gasteiger partial charge in [0.2, 0.25) is 0 Å². The summed E-state index contributed by atoms with van der Waals surface area (Å²) in [5, 5.41) is 6.31. The Morgan fingerprint density at radius 1 is 0.333 bits per heavy atom. The van der Waals surface area contributed by atoms with E-state index in [1.807, 2.05) is 6.07 Å². The summed E-state index contributed by atoms with van der Waals surface area (Å²) in [4.78, 5) is 24.5. The van der Waals surface area contributed by atoms with Crippen molar-refractivity contribution in [3.05, 3.63) is 174 Å². The van der Waals surface area contributed by atoms with Crippen LogP contribution < -0.4 is 0 Å². The van der Waals surface area contributed by atoms with E-state index in [1.165, 1.54) is 0 Å². The van der Waals surface area contributed by atoms with Gasteiger partial charge in [0.15, 0.2) is 0 Å². The summed E-state index contributed by atoms with van der Waals surface area (Å²) in [5.74, 6) is 0. The molecule has 8 bridgehead atoms. The number of nitrogens with zero attached hydrogens (tertiary/aromatic N) is 4. The molecular formula is C38H22N4S3. The van der Waals surface area contributed by atoms with E-state index < -0.39 is 0 Å². The first-order valence-corrected chi connectivity index (χ1v) is 17.2. The smallest absolute Gasteiger partial charge is 0.0746 e. The molecular weight excluding hydrogens is 609 g/mol. The SMILES string of the molecule is C1=CC2=C(c3cccs3)C3=NC(=C(c4cccs4)C4=NC(=C(c5cccs5)C5=NC(=C(c6ccccc6)C1=N2)C=C5)C=C4)C=C3. The largest absolute Gasteiger partial charge is 0.248 e. The number of allylic oxidation sites excluding steroid dienone is 12. The molecule has 0 atom stereocenters. The second-order valence-electron chi connectivity index (χ2n) is 10.7. The fourth-order valence-electron chi connectivity index (χ4n) is 6.01. The average molecular weight is 631 g/mol. The van der Waals surface area contributed by atoms with Crippen LogP contribution in [0.1, 0.15) is 20.2 Å². The highest BCUT2D eigenvalue weighted by atomic mass is 32.1. The summed E-state index contributed by atoms with van der Waals surface area (Å²) in [5.41, 5.74) is 12.3. The van der Waals surface area contributed by atoms with Crippen LogP contribution in [0.2, 0.25) is 0 Å². The Morgan fingerprint density at radius 2 is 0.689 bits per heavy atom. The van der Waals surface area contributed by atoms with E-state index in [0.717, 1.165) is 88.1 Å². The van der Waals surface area contributed by atoms with Crippen LogP contribution in [0.5, 0.6) is 0 Å². The number of hydrogen-bond acceptors (Lipinski definition) is 7. The Balaban J connectivity index is 1.37. The summed E-state index contributed by atoms with van der Waals surface area (Å²) in [7, 11) is 0. The average Bonchev–Trinajstić information content (AvgIpc) is 3.92. The number of thiophene rings is 3. The number of aliphatic imine (C=N–C) groups is 4. The molecule has 7 heteroatoms. The number of benzene rings is 1. The summed E-state index contributed by atoms with van der Waals surface area (Å²) < 4.78 is 0. The highest BCUT2D eigenvalue weighted by Gasteiger charge is 2.28. The van der Waals surface area contributed by atoms with Gasteiger partial charge in [-0.25, -0.2) is 20.0 Å². The lowest BCUT2D eigenvalue weighted by Crippen LogP contribution is -2.02. The van der Waals surface area contributed by atoms with Crippen LogP contribution in [-0.4, -0.2) is 22.8 Å². The molecule has 0 fully saturated rings. The predicted molar refractivity (Wildman–Crippen MR) is 193 cm³/mol. The zero-order chi connectivity index (χ0) is 29.7. The van der Waals surface area contributed by atoms with Crippen LogP contribution in [-0.2, 0) is 0 Å². The molecule has 3 aromatic heterocycles. The van der Waals surface area contributed by atoms with E-state index in [2.05, 4.69) is 125 Å². The summed E-state index contributed by atoms with van der Waals surface area (Å²) in [6.07, 6.45) is 16.9. The number of hydrogen-bond donors (Lipinski definition) is 0. The minimum atomic E-state index is 0.881. The van der Waals surface area contributed by atoms with E-state index in [4.69, 9.17) is 20.0 Å². The third-order valence-electron chi connectivity index (χ3n) is 7.97. The van der Waals surface area contributed by atoms with Gasteiger partial charge in [-0.3, -0.25) is 0 Å². The van der Waals surface area contributed by atoms with Gasteiger partial charge in [0.1, 0.15) is 0 Å². The highest BCUT2D eigenvalue weighted by Crippen LogP contribution is 2.40. The van der Waals surface area contributed by atoms with Gasteiger partial charge in [-0.15, -0.1) is 34.0 Å². The molecule has 45 heavy (non-hydrogen) atoms. The molecule has 8 heterocycles. The molecule has 4 aromatic rings. The van der Waals surface area contributed by atoms with Crippen molar-refractivity contribution < 1.29 is 0 Å². The third kappa shape index (κ3) is 4.56. The molecule has 0 radical (unpaired) electrons. The van der Waals surface area contributed by atoms with Crippen molar-refractivity contribution in [2.24, 2.45) is 20.0 Å². The lowest BCUT2D eigenvalue weighted by molar-refractivity contribution is 1.42. The minimum absolute atomic E-state index is 0.881. The molecule has 212 valence electrons. The van der Waals surface area contributed by atoms with Crippen molar-refractivity contribution >= 4 is 79.1 Å². The maximum Gasteiger partial charge on any atom is 0.0746 e. The first-order chi connectivity index (χ1) is 22.3. The van der Waals surface area contributed by atoms with Gasteiger partial charge in [0, 0.05) is 36.9 Å². The van der Waals surface area contributed by atoms with Gasteiger partial charge >= 0.3 is 0 Å². The number of rotatable bonds is 4. The van der Waals surface area contributed by atoms with Crippen molar-refractivity contribution in [1.29, 1.82) is 0 Å². The summed E-state index contributed by atoms with van der Waals surface area (Å²) in [6, 6.07) is 23.1. The number of fused-ring (bicyclic) bond motifs is 4. The molecule has 9 rings (SSSR count). The molecule has 0 saturated carbocycles. The molecule has 0 spiro atoms. The molecule has 1 aromatic carbocycles. The summed E-state index contributed by atoms with van der Waals surface area (Å²) >= 11 is 5.10. The monoisotopic (exact) mass is 630 g/mol. The zero-order valence-electron chi connectivity index (χ0n) is 23.7. The van der Waals surface area contributed by atoms with Gasteiger partial charge < -0.3 is 0 Å². The van der Waals surface area contributed by atoms with Crippen LogP contribution in [0.25, 0.3) is 22.3 Å². The van der Waals surface area contributed by atoms with E-state index in [0.29, 0.717) is 0 Å². The maximum absolute atomic E-state index is 5.28. The van der Waals surface area contributed by atoms with Gasteiger partial charge in [-0.05, 0) is 88.5 Å². The third-order valence-corrected chi connectivity index (χ3v) is 10.6. The topological polar surface area (TPSA) is 49.4 Å². The van der Waals surface area contributed by atoms with E-state index in [1.54, 1.807) is 34.0 Å². The molecule has 0 aliphatic carbocycles. The standard InChI is InChI=1S/C38H22N4S3/c1-2-7-23(8-3-1)35-24-12-14-26(39-24)36(32-9-4-20-43-32)28-16-18-30(41-28)38(34-11-6-22-45-34)31-19-17-29(42-31)37(33-10-5-21-44-33)27-15-13-25(35)40-27/h1-22H. The molecule has 4 nitrogen and oxygen atoms in total. The van der Waals surface area contributed by atoms with Gasteiger partial charge in [-0.2, -0.15) is 0 Å². The molecule has 0 unspecified atom stereocenters. The van der Waals surface area contributed by atoms with Crippen LogP contribution in [0.15, 0.2) is 174 Å². The van der Waals surface area contributed by atoms with Gasteiger partial charge in [-0.1, -0.05) is 48.5 Å². The van der Waals surface area contributed by atoms with Crippen molar-refractivity contribution in [3.63, 3.8) is 0 Å². The van der Waals surface area contributed by atoms with Crippen molar-refractivity contribution in [3.8, 4) is 0 Å². The van der Waals surface area contributed by atoms with Crippen molar-refractivity contribution in [2.45, 2.75) is 0 Å². The van der Waals surface area contributed by atoms with Crippen LogP contribution in [0.4, 0.5) is 0 Å². The van der Waals surface area contributed by atoms with Gasteiger partial charge in [0.05, 0.1) is 45.6 Å². The lowest BCUT2D eigenvalue weighted by atomic mass is 9.99.